The van der Waals surface area contributed by atoms with Crippen LogP contribution in [0.25, 0.3) is 0 Å². The number of rotatable bonds is 5. The number of hydrogen-bond donors (Lipinski definition) is 3. The smallest absolute Gasteiger partial charge is 0.0762 e. The summed E-state index contributed by atoms with van der Waals surface area (Å²) < 4.78 is 0. The fourth-order valence-electron chi connectivity index (χ4n) is 2.00. The molecule has 0 aliphatic rings. The largest absolute Gasteiger partial charge is 0.388 e. The van der Waals surface area contributed by atoms with Gasteiger partial charge in [-0.25, -0.2) is 0 Å². The standard InChI is InChI=1S/C14H20N4/c1-10-4-5-14(15-3)12(6-10)8-16-9-13-7-11(2)17-18-13/h4-7,15-16H,8-9H2,1-3H3,(H,17,18). The first kappa shape index (κ1) is 12.6. The predicted molar refractivity (Wildman–Crippen MR) is 74.6 cm³/mol. The summed E-state index contributed by atoms with van der Waals surface area (Å²) in [4.78, 5) is 0. The Kier molecular flexibility index (Phi) is 3.99. The SMILES string of the molecule is CNc1ccc(C)cc1CNCc1cc(C)[nH]n1. The molecule has 18 heavy (non-hydrogen) atoms. The first-order valence-electron chi connectivity index (χ1n) is 6.18. The van der Waals surface area contributed by atoms with Crippen molar-refractivity contribution >= 4 is 5.69 Å². The summed E-state index contributed by atoms with van der Waals surface area (Å²) in [5.41, 5.74) is 5.88. The fourth-order valence-corrected chi connectivity index (χ4v) is 2.00. The van der Waals surface area contributed by atoms with Crippen LogP contribution in [0.15, 0.2) is 24.3 Å². The molecule has 2 rings (SSSR count). The number of benzene rings is 1. The van der Waals surface area contributed by atoms with Gasteiger partial charge in [-0.15, -0.1) is 0 Å². The third kappa shape index (κ3) is 3.11. The average molecular weight is 244 g/mol. The van der Waals surface area contributed by atoms with Crippen molar-refractivity contribution < 1.29 is 0 Å². The highest BCUT2D eigenvalue weighted by Crippen LogP contribution is 2.16. The highest BCUT2D eigenvalue weighted by atomic mass is 15.1. The molecule has 1 aromatic carbocycles. The van der Waals surface area contributed by atoms with E-state index in [0.717, 1.165) is 24.5 Å². The van der Waals surface area contributed by atoms with Crippen LogP contribution in [-0.4, -0.2) is 17.2 Å². The van der Waals surface area contributed by atoms with Gasteiger partial charge in [0.15, 0.2) is 0 Å². The van der Waals surface area contributed by atoms with Gasteiger partial charge in [0.2, 0.25) is 0 Å². The van der Waals surface area contributed by atoms with Crippen molar-refractivity contribution in [1.29, 1.82) is 0 Å². The summed E-state index contributed by atoms with van der Waals surface area (Å²) in [5, 5.41) is 13.8. The normalized spacial score (nSPS) is 10.6. The fraction of sp³-hybridized carbons (Fsp3) is 0.357. The molecule has 0 unspecified atom stereocenters. The van der Waals surface area contributed by atoms with Gasteiger partial charge in [-0.1, -0.05) is 17.7 Å². The van der Waals surface area contributed by atoms with Gasteiger partial charge in [0.25, 0.3) is 0 Å². The van der Waals surface area contributed by atoms with E-state index in [1.807, 2.05) is 14.0 Å². The Hall–Kier alpha value is -1.81. The molecular weight excluding hydrogens is 224 g/mol. The minimum absolute atomic E-state index is 0.779. The van der Waals surface area contributed by atoms with Crippen molar-refractivity contribution in [2.75, 3.05) is 12.4 Å². The maximum absolute atomic E-state index is 4.20. The zero-order valence-electron chi connectivity index (χ0n) is 11.2. The molecule has 0 saturated heterocycles. The number of aromatic amines is 1. The number of anilines is 1. The van der Waals surface area contributed by atoms with Gasteiger partial charge in [0.1, 0.15) is 0 Å². The molecule has 0 aliphatic heterocycles. The summed E-state index contributed by atoms with van der Waals surface area (Å²) >= 11 is 0. The molecule has 96 valence electrons. The van der Waals surface area contributed by atoms with Crippen LogP contribution in [0.4, 0.5) is 5.69 Å². The second-order valence-corrected chi connectivity index (χ2v) is 4.56. The Morgan fingerprint density at radius 1 is 1.17 bits per heavy atom. The number of hydrogen-bond acceptors (Lipinski definition) is 3. The minimum Gasteiger partial charge on any atom is -0.388 e. The Bertz CT molecular complexity index is 516. The molecular formula is C14H20N4. The second-order valence-electron chi connectivity index (χ2n) is 4.56. The molecule has 1 heterocycles. The Morgan fingerprint density at radius 3 is 2.67 bits per heavy atom. The molecule has 3 N–H and O–H groups in total. The van der Waals surface area contributed by atoms with Gasteiger partial charge < -0.3 is 10.6 Å². The van der Waals surface area contributed by atoms with Crippen molar-refractivity contribution in [3.63, 3.8) is 0 Å². The molecule has 0 saturated carbocycles. The van der Waals surface area contributed by atoms with Crippen LogP contribution in [-0.2, 0) is 13.1 Å². The minimum atomic E-state index is 0.779. The van der Waals surface area contributed by atoms with Crippen molar-refractivity contribution in [2.45, 2.75) is 26.9 Å². The summed E-state index contributed by atoms with van der Waals surface area (Å²) in [7, 11) is 1.95. The maximum atomic E-state index is 4.20. The van der Waals surface area contributed by atoms with Crippen LogP contribution >= 0.6 is 0 Å². The van der Waals surface area contributed by atoms with Crippen molar-refractivity contribution in [3.8, 4) is 0 Å². The molecule has 0 atom stereocenters. The molecule has 1 aromatic heterocycles. The van der Waals surface area contributed by atoms with Crippen LogP contribution in [0.5, 0.6) is 0 Å². The zero-order valence-corrected chi connectivity index (χ0v) is 11.2. The molecule has 0 aliphatic carbocycles. The Labute approximate surface area is 108 Å². The average Bonchev–Trinajstić information content (AvgIpc) is 2.75. The Balaban J connectivity index is 1.95. The van der Waals surface area contributed by atoms with Crippen molar-refractivity contribution in [3.05, 3.63) is 46.8 Å². The lowest BCUT2D eigenvalue weighted by molar-refractivity contribution is 0.678. The highest BCUT2D eigenvalue weighted by Gasteiger charge is 2.02. The van der Waals surface area contributed by atoms with E-state index in [2.05, 4.69) is 52.0 Å². The van der Waals surface area contributed by atoms with E-state index in [1.165, 1.54) is 16.8 Å². The lowest BCUT2D eigenvalue weighted by Crippen LogP contribution is -2.14. The molecule has 0 spiro atoms. The van der Waals surface area contributed by atoms with E-state index < -0.39 is 0 Å². The van der Waals surface area contributed by atoms with Crippen molar-refractivity contribution in [1.82, 2.24) is 15.5 Å². The summed E-state index contributed by atoms with van der Waals surface area (Å²) in [6, 6.07) is 8.49. The number of aromatic nitrogens is 2. The molecule has 0 fully saturated rings. The molecule has 0 radical (unpaired) electrons. The maximum Gasteiger partial charge on any atom is 0.0762 e. The van der Waals surface area contributed by atoms with Crippen LogP contribution < -0.4 is 10.6 Å². The van der Waals surface area contributed by atoms with Gasteiger partial charge >= 0.3 is 0 Å². The van der Waals surface area contributed by atoms with E-state index in [4.69, 9.17) is 0 Å². The summed E-state index contributed by atoms with van der Waals surface area (Å²) in [6.45, 7) is 5.74. The third-order valence-electron chi connectivity index (χ3n) is 2.91. The van der Waals surface area contributed by atoms with Crippen molar-refractivity contribution in [2.24, 2.45) is 0 Å². The number of nitrogens with one attached hydrogen (secondary N) is 3. The predicted octanol–water partition coefficient (Wildman–Crippen LogP) is 2.36. The highest BCUT2D eigenvalue weighted by molar-refractivity contribution is 5.52. The molecule has 0 bridgehead atoms. The van der Waals surface area contributed by atoms with E-state index in [0.29, 0.717) is 0 Å². The molecule has 4 nitrogen and oxygen atoms in total. The second kappa shape index (κ2) is 5.69. The Morgan fingerprint density at radius 2 is 2.00 bits per heavy atom. The number of H-pyrrole nitrogens is 1. The lowest BCUT2D eigenvalue weighted by Gasteiger charge is -2.10. The quantitative estimate of drug-likeness (QED) is 0.757. The lowest BCUT2D eigenvalue weighted by atomic mass is 10.1. The first-order chi connectivity index (χ1) is 8.69. The summed E-state index contributed by atoms with van der Waals surface area (Å²) in [5.74, 6) is 0. The van der Waals surface area contributed by atoms with Gasteiger partial charge in [0, 0.05) is 31.5 Å². The zero-order chi connectivity index (χ0) is 13.0. The van der Waals surface area contributed by atoms with E-state index in [-0.39, 0.29) is 0 Å². The van der Waals surface area contributed by atoms with Gasteiger partial charge in [-0.05, 0) is 31.5 Å². The first-order valence-corrected chi connectivity index (χ1v) is 6.18. The molecule has 0 amide bonds. The van der Waals surface area contributed by atoms with E-state index in [1.54, 1.807) is 0 Å². The topological polar surface area (TPSA) is 52.7 Å². The third-order valence-corrected chi connectivity index (χ3v) is 2.91. The van der Waals surface area contributed by atoms with Gasteiger partial charge in [-0.3, -0.25) is 5.10 Å². The van der Waals surface area contributed by atoms with Gasteiger partial charge in [0.05, 0.1) is 5.69 Å². The molecule has 4 heteroatoms. The molecule has 2 aromatic rings. The van der Waals surface area contributed by atoms with E-state index >= 15 is 0 Å². The number of aryl methyl sites for hydroxylation is 2. The van der Waals surface area contributed by atoms with Crippen LogP contribution in [0.3, 0.4) is 0 Å². The monoisotopic (exact) mass is 244 g/mol. The van der Waals surface area contributed by atoms with Crippen LogP contribution in [0.1, 0.15) is 22.5 Å². The van der Waals surface area contributed by atoms with E-state index in [9.17, 15) is 0 Å². The summed E-state index contributed by atoms with van der Waals surface area (Å²) in [6.07, 6.45) is 0. The van der Waals surface area contributed by atoms with Gasteiger partial charge in [-0.2, -0.15) is 5.10 Å². The van der Waals surface area contributed by atoms with Crippen LogP contribution in [0.2, 0.25) is 0 Å². The number of nitrogens with zero attached hydrogens (tertiary/aromatic N) is 1. The van der Waals surface area contributed by atoms with Crippen LogP contribution in [0, 0.1) is 13.8 Å².